The quantitative estimate of drug-likeness (QED) is 0.160. The second kappa shape index (κ2) is 13.3. The first-order valence-electron chi connectivity index (χ1n) is 21.2. The first-order chi connectivity index (χ1) is 31.2. The highest BCUT2D eigenvalue weighted by Crippen LogP contribution is 2.49. The van der Waals surface area contributed by atoms with Crippen LogP contribution in [0.3, 0.4) is 0 Å². The fourth-order valence-corrected chi connectivity index (χ4v) is 10.6. The zero-order valence-corrected chi connectivity index (χ0v) is 33.9. The van der Waals surface area contributed by atoms with Gasteiger partial charge in [0.25, 0.3) is 0 Å². The minimum atomic E-state index is 0.366. The summed E-state index contributed by atoms with van der Waals surface area (Å²) in [5, 5.41) is 20.8. The van der Waals surface area contributed by atoms with Crippen LogP contribution < -0.4 is 0 Å². The van der Waals surface area contributed by atoms with Gasteiger partial charge < -0.3 is 18.3 Å². The van der Waals surface area contributed by atoms with Crippen LogP contribution in [0.5, 0.6) is 0 Å². The van der Waals surface area contributed by atoms with Crippen LogP contribution in [0.1, 0.15) is 11.1 Å². The van der Waals surface area contributed by atoms with Crippen molar-refractivity contribution >= 4 is 92.9 Å². The molecule has 13 aromatic rings. The average Bonchev–Trinajstić information content (AvgIpc) is 4.06. The topological polar surface area (TPSA) is 47.9 Å². The molecule has 9 aromatic carbocycles. The normalized spacial score (nSPS) is 11.8. The Labute approximate surface area is 361 Å². The summed E-state index contributed by atoms with van der Waals surface area (Å²) in [5.74, 6) is 0. The van der Waals surface area contributed by atoms with Gasteiger partial charge in [-0.25, -0.2) is 4.85 Å². The number of hydrogen-bond acceptors (Lipinski definition) is 1. The molecule has 4 aromatic heterocycles. The van der Waals surface area contributed by atoms with E-state index in [4.69, 9.17) is 0 Å². The Kier molecular flexibility index (Phi) is 7.40. The lowest BCUT2D eigenvalue weighted by molar-refractivity contribution is 0.848. The van der Waals surface area contributed by atoms with Crippen LogP contribution in [0.2, 0.25) is 0 Å². The van der Waals surface area contributed by atoms with Gasteiger partial charge in [0.1, 0.15) is 6.07 Å². The molecule has 0 fully saturated rings. The molecule has 6 heteroatoms. The zero-order chi connectivity index (χ0) is 41.8. The molecule has 0 unspecified atom stereocenters. The molecule has 292 valence electrons. The van der Waals surface area contributed by atoms with Crippen molar-refractivity contribution in [2.24, 2.45) is 0 Å². The van der Waals surface area contributed by atoms with E-state index in [9.17, 15) is 11.8 Å². The molecule has 0 saturated heterocycles. The Morgan fingerprint density at radius 3 is 0.952 bits per heavy atom. The van der Waals surface area contributed by atoms with E-state index in [0.29, 0.717) is 23.5 Å². The van der Waals surface area contributed by atoms with Gasteiger partial charge in [0.2, 0.25) is 5.69 Å². The van der Waals surface area contributed by atoms with Gasteiger partial charge in [0.15, 0.2) is 0 Å². The third-order valence-electron chi connectivity index (χ3n) is 13.1. The fourth-order valence-electron chi connectivity index (χ4n) is 10.6. The van der Waals surface area contributed by atoms with Crippen LogP contribution in [-0.2, 0) is 6.54 Å². The summed E-state index contributed by atoms with van der Waals surface area (Å²) in [4.78, 5) is 4.62. The molecule has 0 aliphatic heterocycles. The summed E-state index contributed by atoms with van der Waals surface area (Å²) in [6.07, 6.45) is 0. The fraction of sp³-hybridized carbons (Fsp3) is 0.0175. The smallest absolute Gasteiger partial charge is 0.235 e. The summed E-state index contributed by atoms with van der Waals surface area (Å²) >= 11 is 0. The molecular formula is C57H34N6. The standard InChI is InChI=1S/C57H34N6/c1-59-54-56(62-50-30-14-6-22-40(50)41-23-7-15-31-51(41)62)44(34-58)55(61-48-28-12-4-20-38(48)39-21-5-13-29-49(39)61)45(35-60-46-26-10-2-18-36(46)37-19-3-11-27-47(37)60)57(54)63-52-32-16-8-24-42(52)43-25-9-17-33-53(43)63/h2-33H,35H2. The lowest BCUT2D eigenvalue weighted by atomic mass is 9.98. The Morgan fingerprint density at radius 2 is 0.635 bits per heavy atom. The highest BCUT2D eigenvalue weighted by Gasteiger charge is 2.33. The predicted molar refractivity (Wildman–Crippen MR) is 259 cm³/mol. The maximum absolute atomic E-state index is 12.1. The molecule has 0 saturated carbocycles. The molecule has 0 atom stereocenters. The van der Waals surface area contributed by atoms with Gasteiger partial charge in [-0.15, -0.1) is 0 Å². The van der Waals surface area contributed by atoms with Gasteiger partial charge >= 0.3 is 0 Å². The maximum Gasteiger partial charge on any atom is 0.235 e. The molecule has 0 aliphatic rings. The van der Waals surface area contributed by atoms with Gasteiger partial charge in [-0.2, -0.15) is 5.26 Å². The molecule has 0 aliphatic carbocycles. The number of benzene rings is 9. The maximum atomic E-state index is 12.1. The Morgan fingerprint density at radius 1 is 0.365 bits per heavy atom. The van der Waals surface area contributed by atoms with Crippen LogP contribution >= 0.6 is 0 Å². The van der Waals surface area contributed by atoms with Crippen molar-refractivity contribution < 1.29 is 0 Å². The number of rotatable bonds is 5. The predicted octanol–water partition coefficient (Wildman–Crippen LogP) is 14.6. The van der Waals surface area contributed by atoms with Crippen LogP contribution in [0.15, 0.2) is 194 Å². The van der Waals surface area contributed by atoms with Crippen molar-refractivity contribution in [2.45, 2.75) is 6.54 Å². The van der Waals surface area contributed by atoms with E-state index in [0.717, 1.165) is 104 Å². The van der Waals surface area contributed by atoms with E-state index in [1.54, 1.807) is 0 Å². The van der Waals surface area contributed by atoms with E-state index in [1.165, 1.54) is 0 Å². The molecule has 4 heterocycles. The molecule has 6 nitrogen and oxygen atoms in total. The number of para-hydroxylation sites is 8. The Hall–Kier alpha value is -8.84. The van der Waals surface area contributed by atoms with Crippen molar-refractivity contribution in [3.63, 3.8) is 0 Å². The van der Waals surface area contributed by atoms with Crippen molar-refractivity contribution in [2.75, 3.05) is 0 Å². The van der Waals surface area contributed by atoms with Crippen LogP contribution in [0, 0.1) is 17.9 Å². The molecule has 63 heavy (non-hydrogen) atoms. The second-order valence-electron chi connectivity index (χ2n) is 16.2. The molecule has 0 radical (unpaired) electrons. The molecule has 0 amide bonds. The Bertz CT molecular complexity index is 3790. The highest BCUT2D eigenvalue weighted by molar-refractivity contribution is 6.14. The molecule has 0 N–H and O–H groups in total. The van der Waals surface area contributed by atoms with Gasteiger partial charge in [0.05, 0.1) is 68.8 Å². The van der Waals surface area contributed by atoms with Crippen molar-refractivity contribution in [1.82, 2.24) is 18.3 Å². The summed E-state index contributed by atoms with van der Waals surface area (Å²) in [6.45, 7) is 9.79. The van der Waals surface area contributed by atoms with Crippen molar-refractivity contribution in [1.29, 1.82) is 5.26 Å². The number of nitrogens with zero attached hydrogens (tertiary/aromatic N) is 6. The summed E-state index contributed by atoms with van der Waals surface area (Å²) < 4.78 is 9.16. The lowest BCUT2D eigenvalue weighted by Crippen LogP contribution is -2.15. The van der Waals surface area contributed by atoms with Gasteiger partial charge in [-0.3, -0.25) is 0 Å². The first-order valence-corrected chi connectivity index (χ1v) is 21.2. The number of fused-ring (bicyclic) bond motifs is 12. The van der Waals surface area contributed by atoms with E-state index in [1.807, 2.05) is 12.1 Å². The minimum absolute atomic E-state index is 0.366. The Balaban J connectivity index is 1.33. The van der Waals surface area contributed by atoms with Gasteiger partial charge in [0, 0.05) is 59.7 Å². The minimum Gasteiger partial charge on any atom is -0.336 e. The third-order valence-corrected chi connectivity index (χ3v) is 13.1. The third kappa shape index (κ3) is 4.75. The monoisotopic (exact) mass is 802 g/mol. The van der Waals surface area contributed by atoms with E-state index in [2.05, 4.69) is 211 Å². The van der Waals surface area contributed by atoms with E-state index < -0.39 is 0 Å². The van der Waals surface area contributed by atoms with Crippen molar-refractivity contribution in [3.05, 3.63) is 217 Å². The van der Waals surface area contributed by atoms with Crippen LogP contribution in [0.4, 0.5) is 5.69 Å². The molecule has 0 spiro atoms. The van der Waals surface area contributed by atoms with Crippen LogP contribution in [0.25, 0.3) is 109 Å². The molecule has 0 bridgehead atoms. The highest BCUT2D eigenvalue weighted by atomic mass is 15.1. The lowest BCUT2D eigenvalue weighted by Gasteiger charge is -2.27. The van der Waals surface area contributed by atoms with Gasteiger partial charge in [-0.1, -0.05) is 146 Å². The molecule has 13 rings (SSSR count). The van der Waals surface area contributed by atoms with Gasteiger partial charge in [-0.05, 0) is 48.5 Å². The zero-order valence-electron chi connectivity index (χ0n) is 33.9. The second-order valence-corrected chi connectivity index (χ2v) is 16.2. The largest absolute Gasteiger partial charge is 0.336 e. The van der Waals surface area contributed by atoms with E-state index >= 15 is 0 Å². The SMILES string of the molecule is [C-]#[N+]c1c(-n2c3ccccc3c3ccccc32)c(C#N)c(-n2c3ccccc3c3ccccc32)c(Cn2c3ccccc3c3ccccc32)c1-n1c2ccccc2c2ccccc21. The number of aromatic nitrogens is 4. The summed E-state index contributed by atoms with van der Waals surface area (Å²) in [5.41, 5.74) is 11.7. The number of hydrogen-bond donors (Lipinski definition) is 0. The average molecular weight is 803 g/mol. The summed E-state index contributed by atoms with van der Waals surface area (Å²) in [6, 6.07) is 70.6. The molecular weight excluding hydrogens is 769 g/mol. The summed E-state index contributed by atoms with van der Waals surface area (Å²) in [7, 11) is 0. The first kappa shape index (κ1) is 35.0. The van der Waals surface area contributed by atoms with Crippen molar-refractivity contribution in [3.8, 4) is 23.1 Å². The number of nitriles is 1. The van der Waals surface area contributed by atoms with E-state index in [-0.39, 0.29) is 0 Å². The van der Waals surface area contributed by atoms with Crippen LogP contribution in [-0.4, -0.2) is 18.3 Å².